The molecule has 1 aromatic carbocycles. The minimum Gasteiger partial charge on any atom is -0.334 e. The monoisotopic (exact) mass is 323 g/mol. The van der Waals surface area contributed by atoms with E-state index in [1.165, 1.54) is 0 Å². The largest absolute Gasteiger partial charge is 0.334 e. The SMILES string of the molecule is CCC(N)(CC)c1noc(-c2cc(Br)ccc2C)n1. The Kier molecular flexibility index (Phi) is 4.06. The van der Waals surface area contributed by atoms with Crippen molar-refractivity contribution in [3.8, 4) is 11.5 Å². The van der Waals surface area contributed by atoms with E-state index in [1.54, 1.807) is 0 Å². The second-order valence-electron chi connectivity index (χ2n) is 4.75. The summed E-state index contributed by atoms with van der Waals surface area (Å²) in [6.07, 6.45) is 1.56. The Morgan fingerprint density at radius 2 is 2.00 bits per heavy atom. The first kappa shape index (κ1) is 14.2. The van der Waals surface area contributed by atoms with Crippen LogP contribution in [-0.4, -0.2) is 10.1 Å². The minimum atomic E-state index is -0.512. The summed E-state index contributed by atoms with van der Waals surface area (Å²) >= 11 is 3.45. The summed E-state index contributed by atoms with van der Waals surface area (Å²) in [4.78, 5) is 4.47. The van der Waals surface area contributed by atoms with Crippen LogP contribution in [0.15, 0.2) is 27.2 Å². The van der Waals surface area contributed by atoms with Crippen LogP contribution in [0, 0.1) is 6.92 Å². The Hall–Kier alpha value is -1.20. The van der Waals surface area contributed by atoms with E-state index in [1.807, 2.05) is 39.0 Å². The molecule has 0 aliphatic heterocycles. The smallest absolute Gasteiger partial charge is 0.258 e. The number of hydrogen-bond acceptors (Lipinski definition) is 4. The maximum atomic E-state index is 6.28. The van der Waals surface area contributed by atoms with Crippen molar-refractivity contribution in [2.24, 2.45) is 5.73 Å². The van der Waals surface area contributed by atoms with Crippen molar-refractivity contribution in [1.82, 2.24) is 10.1 Å². The molecule has 102 valence electrons. The Balaban J connectivity index is 2.44. The Labute approximate surface area is 121 Å². The zero-order valence-electron chi connectivity index (χ0n) is 11.4. The zero-order valence-corrected chi connectivity index (χ0v) is 13.0. The third kappa shape index (κ3) is 2.72. The number of nitrogens with two attached hydrogens (primary N) is 1. The van der Waals surface area contributed by atoms with Crippen LogP contribution in [-0.2, 0) is 5.54 Å². The number of rotatable bonds is 4. The fraction of sp³-hybridized carbons (Fsp3) is 0.429. The van der Waals surface area contributed by atoms with Crippen molar-refractivity contribution in [2.45, 2.75) is 39.2 Å². The molecule has 0 radical (unpaired) electrons. The molecule has 2 aromatic rings. The van der Waals surface area contributed by atoms with Gasteiger partial charge in [0.2, 0.25) is 0 Å². The molecule has 1 heterocycles. The number of aromatic nitrogens is 2. The summed E-state index contributed by atoms with van der Waals surface area (Å²) in [5.74, 6) is 1.09. The minimum absolute atomic E-state index is 0.512. The van der Waals surface area contributed by atoms with Gasteiger partial charge in [-0.2, -0.15) is 4.98 Å². The third-order valence-corrected chi connectivity index (χ3v) is 4.06. The first-order valence-corrected chi connectivity index (χ1v) is 7.19. The van der Waals surface area contributed by atoms with Crippen LogP contribution in [0.4, 0.5) is 0 Å². The van der Waals surface area contributed by atoms with Gasteiger partial charge in [-0.1, -0.05) is 41.0 Å². The van der Waals surface area contributed by atoms with Gasteiger partial charge < -0.3 is 10.3 Å². The standard InChI is InChI=1S/C14H18BrN3O/c1-4-14(16,5-2)13-17-12(19-18-13)11-8-10(15)7-6-9(11)3/h6-8H,4-5,16H2,1-3H3. The molecular weight excluding hydrogens is 306 g/mol. The summed E-state index contributed by atoms with van der Waals surface area (Å²) in [5, 5.41) is 4.05. The van der Waals surface area contributed by atoms with E-state index in [0.717, 1.165) is 28.4 Å². The average molecular weight is 324 g/mol. The lowest BCUT2D eigenvalue weighted by Crippen LogP contribution is -2.36. The zero-order chi connectivity index (χ0) is 14.0. The van der Waals surface area contributed by atoms with Gasteiger partial charge >= 0.3 is 0 Å². The molecule has 0 atom stereocenters. The number of aryl methyl sites for hydroxylation is 1. The molecule has 0 fully saturated rings. The van der Waals surface area contributed by atoms with Crippen LogP contribution in [0.3, 0.4) is 0 Å². The molecule has 0 saturated carbocycles. The van der Waals surface area contributed by atoms with Gasteiger partial charge in [0, 0.05) is 10.0 Å². The number of benzene rings is 1. The van der Waals surface area contributed by atoms with Gasteiger partial charge in [-0.15, -0.1) is 0 Å². The Morgan fingerprint density at radius 3 is 2.63 bits per heavy atom. The molecule has 2 rings (SSSR count). The summed E-state index contributed by atoms with van der Waals surface area (Å²) in [6, 6.07) is 5.97. The van der Waals surface area contributed by atoms with Crippen molar-refractivity contribution in [3.05, 3.63) is 34.1 Å². The molecule has 0 unspecified atom stereocenters. The Morgan fingerprint density at radius 1 is 1.32 bits per heavy atom. The first-order chi connectivity index (χ1) is 9.00. The van der Waals surface area contributed by atoms with Crippen molar-refractivity contribution >= 4 is 15.9 Å². The lowest BCUT2D eigenvalue weighted by atomic mass is 9.93. The van der Waals surface area contributed by atoms with Gasteiger partial charge in [0.15, 0.2) is 5.82 Å². The van der Waals surface area contributed by atoms with Crippen LogP contribution in [0.25, 0.3) is 11.5 Å². The predicted octanol–water partition coefficient (Wildman–Crippen LogP) is 3.78. The van der Waals surface area contributed by atoms with Gasteiger partial charge in [0.1, 0.15) is 0 Å². The van der Waals surface area contributed by atoms with E-state index in [-0.39, 0.29) is 0 Å². The lowest BCUT2D eigenvalue weighted by Gasteiger charge is -2.21. The van der Waals surface area contributed by atoms with E-state index in [4.69, 9.17) is 10.3 Å². The average Bonchev–Trinajstić information content (AvgIpc) is 2.90. The normalized spacial score (nSPS) is 11.8. The predicted molar refractivity (Wildman–Crippen MR) is 78.6 cm³/mol. The molecule has 19 heavy (non-hydrogen) atoms. The van der Waals surface area contributed by atoms with Gasteiger partial charge in [-0.05, 0) is 37.5 Å². The second-order valence-corrected chi connectivity index (χ2v) is 5.66. The molecule has 0 aliphatic rings. The second kappa shape index (κ2) is 5.43. The lowest BCUT2D eigenvalue weighted by molar-refractivity contribution is 0.350. The summed E-state index contributed by atoms with van der Waals surface area (Å²) in [7, 11) is 0. The van der Waals surface area contributed by atoms with E-state index >= 15 is 0 Å². The highest BCUT2D eigenvalue weighted by Crippen LogP contribution is 2.29. The van der Waals surface area contributed by atoms with Crippen molar-refractivity contribution in [1.29, 1.82) is 0 Å². The van der Waals surface area contributed by atoms with Gasteiger partial charge in [0.05, 0.1) is 5.54 Å². The topological polar surface area (TPSA) is 64.9 Å². The van der Waals surface area contributed by atoms with Crippen LogP contribution in [0.1, 0.15) is 38.1 Å². The molecule has 4 nitrogen and oxygen atoms in total. The molecule has 2 N–H and O–H groups in total. The molecular formula is C14H18BrN3O. The maximum absolute atomic E-state index is 6.28. The van der Waals surface area contributed by atoms with Crippen LogP contribution >= 0.6 is 15.9 Å². The fourth-order valence-electron chi connectivity index (χ4n) is 1.93. The van der Waals surface area contributed by atoms with E-state index in [0.29, 0.717) is 11.7 Å². The van der Waals surface area contributed by atoms with Crippen molar-refractivity contribution in [2.75, 3.05) is 0 Å². The van der Waals surface area contributed by atoms with Crippen molar-refractivity contribution in [3.63, 3.8) is 0 Å². The van der Waals surface area contributed by atoms with Crippen LogP contribution in [0.5, 0.6) is 0 Å². The quantitative estimate of drug-likeness (QED) is 0.929. The number of nitrogens with zero attached hydrogens (tertiary/aromatic N) is 2. The van der Waals surface area contributed by atoms with Gasteiger partial charge in [-0.3, -0.25) is 0 Å². The highest BCUT2D eigenvalue weighted by Gasteiger charge is 2.29. The fourth-order valence-corrected chi connectivity index (χ4v) is 2.29. The molecule has 0 saturated heterocycles. The summed E-state index contributed by atoms with van der Waals surface area (Å²) in [6.45, 7) is 6.08. The third-order valence-electron chi connectivity index (χ3n) is 3.56. The molecule has 0 amide bonds. The molecule has 0 aliphatic carbocycles. The molecule has 1 aromatic heterocycles. The molecule has 5 heteroatoms. The summed E-state index contributed by atoms with van der Waals surface area (Å²) in [5.41, 5.74) is 7.80. The van der Waals surface area contributed by atoms with Crippen LogP contribution in [0.2, 0.25) is 0 Å². The van der Waals surface area contributed by atoms with E-state index in [2.05, 4.69) is 26.1 Å². The van der Waals surface area contributed by atoms with Gasteiger partial charge in [-0.25, -0.2) is 0 Å². The Bertz CT molecular complexity index is 576. The molecule has 0 bridgehead atoms. The first-order valence-electron chi connectivity index (χ1n) is 6.39. The number of halogens is 1. The number of hydrogen-bond donors (Lipinski definition) is 1. The highest BCUT2D eigenvalue weighted by atomic mass is 79.9. The summed E-state index contributed by atoms with van der Waals surface area (Å²) < 4.78 is 6.36. The van der Waals surface area contributed by atoms with E-state index in [9.17, 15) is 0 Å². The van der Waals surface area contributed by atoms with Crippen molar-refractivity contribution < 1.29 is 4.52 Å². The molecule has 0 spiro atoms. The van der Waals surface area contributed by atoms with E-state index < -0.39 is 5.54 Å². The highest BCUT2D eigenvalue weighted by molar-refractivity contribution is 9.10. The van der Waals surface area contributed by atoms with Gasteiger partial charge in [0.25, 0.3) is 5.89 Å². The van der Waals surface area contributed by atoms with Crippen LogP contribution < -0.4 is 5.73 Å². The maximum Gasteiger partial charge on any atom is 0.258 e.